The number of phenols is 2. The molecule has 0 spiro atoms. The second kappa shape index (κ2) is 5.54. The number of fused-ring (bicyclic) bond motifs is 1. The number of benzene rings is 2. The van der Waals surface area contributed by atoms with Crippen molar-refractivity contribution >= 4 is 24.1 Å². The van der Waals surface area contributed by atoms with Crippen molar-refractivity contribution in [2.24, 2.45) is 5.10 Å². The van der Waals surface area contributed by atoms with E-state index in [-0.39, 0.29) is 11.5 Å². The molecule has 4 heteroatoms. The maximum Gasteiger partial charge on any atom is 0.119 e. The van der Waals surface area contributed by atoms with Gasteiger partial charge in [0.25, 0.3) is 0 Å². The van der Waals surface area contributed by atoms with E-state index in [0.717, 1.165) is 16.8 Å². The van der Waals surface area contributed by atoms with Crippen LogP contribution < -0.4 is 5.43 Å². The van der Waals surface area contributed by atoms with Gasteiger partial charge in [-0.2, -0.15) is 5.10 Å². The standard InChI is InChI=1S/C17H14N2O2/c20-15-8-12(9-16(21)10-15)5-6-13-7-14-3-1-2-4-17(14)19-18-11-13/h1-11,19-21H/b6-5+. The van der Waals surface area contributed by atoms with Crippen LogP contribution in [0.3, 0.4) is 0 Å². The van der Waals surface area contributed by atoms with E-state index in [2.05, 4.69) is 10.5 Å². The third-order valence-electron chi connectivity index (χ3n) is 3.07. The number of anilines is 1. The van der Waals surface area contributed by atoms with Crippen LogP contribution in [0.1, 0.15) is 11.1 Å². The van der Waals surface area contributed by atoms with Crippen LogP contribution in [0.2, 0.25) is 0 Å². The molecule has 0 radical (unpaired) electrons. The Morgan fingerprint density at radius 1 is 0.952 bits per heavy atom. The molecule has 0 aromatic heterocycles. The molecule has 0 bridgehead atoms. The van der Waals surface area contributed by atoms with E-state index in [9.17, 15) is 10.2 Å². The normalized spacial score (nSPS) is 13.4. The Kier molecular flexibility index (Phi) is 3.43. The quantitative estimate of drug-likeness (QED) is 0.786. The second-order valence-electron chi connectivity index (χ2n) is 4.72. The Bertz CT molecular complexity index is 741. The number of hydrogen-bond acceptors (Lipinski definition) is 4. The Morgan fingerprint density at radius 2 is 1.71 bits per heavy atom. The lowest BCUT2D eigenvalue weighted by molar-refractivity contribution is 0.450. The fourth-order valence-electron chi connectivity index (χ4n) is 2.12. The molecule has 1 aliphatic heterocycles. The highest BCUT2D eigenvalue weighted by atomic mass is 16.3. The Balaban J connectivity index is 1.90. The molecule has 0 fully saturated rings. The predicted octanol–water partition coefficient (Wildman–Crippen LogP) is 3.61. The van der Waals surface area contributed by atoms with Crippen LogP contribution in [0.15, 0.2) is 59.2 Å². The lowest BCUT2D eigenvalue weighted by atomic mass is 10.1. The number of nitrogens with zero attached hydrogens (tertiary/aromatic N) is 1. The van der Waals surface area contributed by atoms with E-state index < -0.39 is 0 Å². The first-order valence-corrected chi connectivity index (χ1v) is 6.52. The zero-order valence-electron chi connectivity index (χ0n) is 11.2. The van der Waals surface area contributed by atoms with E-state index in [1.165, 1.54) is 6.07 Å². The predicted molar refractivity (Wildman–Crippen MR) is 85.3 cm³/mol. The number of para-hydroxylation sites is 1. The lowest BCUT2D eigenvalue weighted by Crippen LogP contribution is -1.88. The van der Waals surface area contributed by atoms with Gasteiger partial charge < -0.3 is 10.2 Å². The van der Waals surface area contributed by atoms with Crippen LogP contribution >= 0.6 is 0 Å². The van der Waals surface area contributed by atoms with E-state index in [0.29, 0.717) is 5.56 Å². The van der Waals surface area contributed by atoms with Crippen LogP contribution in [0.5, 0.6) is 11.5 Å². The van der Waals surface area contributed by atoms with Gasteiger partial charge in [0, 0.05) is 11.6 Å². The molecule has 0 aliphatic carbocycles. The van der Waals surface area contributed by atoms with Crippen molar-refractivity contribution in [2.45, 2.75) is 0 Å². The highest BCUT2D eigenvalue weighted by molar-refractivity contribution is 5.94. The van der Waals surface area contributed by atoms with Gasteiger partial charge in [-0.25, -0.2) is 0 Å². The molecule has 0 amide bonds. The highest BCUT2D eigenvalue weighted by Crippen LogP contribution is 2.23. The van der Waals surface area contributed by atoms with Crippen LogP contribution in [0, 0.1) is 0 Å². The minimum Gasteiger partial charge on any atom is -0.508 e. The topological polar surface area (TPSA) is 64.8 Å². The summed E-state index contributed by atoms with van der Waals surface area (Å²) in [5, 5.41) is 23.1. The number of allylic oxidation sites excluding steroid dienone is 2. The van der Waals surface area contributed by atoms with Crippen molar-refractivity contribution < 1.29 is 10.2 Å². The molecule has 0 saturated carbocycles. The summed E-state index contributed by atoms with van der Waals surface area (Å²) in [5.74, 6) is 0.0651. The summed E-state index contributed by atoms with van der Waals surface area (Å²) in [6.07, 6.45) is 7.42. The number of phenolic OH excluding ortho intramolecular Hbond substituents is 2. The minimum atomic E-state index is 0.0326. The van der Waals surface area contributed by atoms with Gasteiger partial charge in [0.1, 0.15) is 11.5 Å². The zero-order valence-corrected chi connectivity index (χ0v) is 11.2. The fraction of sp³-hybridized carbons (Fsp3) is 0. The maximum atomic E-state index is 9.46. The number of rotatable bonds is 2. The molecule has 1 heterocycles. The summed E-state index contributed by atoms with van der Waals surface area (Å²) >= 11 is 0. The third-order valence-corrected chi connectivity index (χ3v) is 3.07. The van der Waals surface area contributed by atoms with Crippen molar-refractivity contribution in [2.75, 3.05) is 5.43 Å². The van der Waals surface area contributed by atoms with Crippen molar-refractivity contribution in [1.29, 1.82) is 0 Å². The number of hydrazone groups is 1. The van der Waals surface area contributed by atoms with Gasteiger partial charge in [-0.3, -0.25) is 5.43 Å². The van der Waals surface area contributed by atoms with E-state index >= 15 is 0 Å². The molecule has 3 N–H and O–H groups in total. The average Bonchev–Trinajstić information content (AvgIpc) is 2.66. The Labute approximate surface area is 122 Å². The van der Waals surface area contributed by atoms with Crippen LogP contribution in [-0.2, 0) is 0 Å². The molecule has 104 valence electrons. The largest absolute Gasteiger partial charge is 0.508 e. The molecular weight excluding hydrogens is 264 g/mol. The molecule has 3 rings (SSSR count). The molecule has 2 aromatic rings. The summed E-state index contributed by atoms with van der Waals surface area (Å²) in [6.45, 7) is 0. The molecule has 2 aromatic carbocycles. The highest BCUT2D eigenvalue weighted by Gasteiger charge is 2.02. The maximum absolute atomic E-state index is 9.46. The van der Waals surface area contributed by atoms with E-state index in [4.69, 9.17) is 0 Å². The number of aromatic hydroxyl groups is 2. The van der Waals surface area contributed by atoms with Crippen LogP contribution in [-0.4, -0.2) is 16.4 Å². The van der Waals surface area contributed by atoms with E-state index in [1.807, 2.05) is 42.5 Å². The van der Waals surface area contributed by atoms with Crippen molar-refractivity contribution in [3.05, 3.63) is 65.2 Å². The van der Waals surface area contributed by atoms with E-state index in [1.54, 1.807) is 18.3 Å². The smallest absolute Gasteiger partial charge is 0.119 e. The molecule has 4 nitrogen and oxygen atoms in total. The van der Waals surface area contributed by atoms with Gasteiger partial charge in [-0.1, -0.05) is 30.4 Å². The van der Waals surface area contributed by atoms with Gasteiger partial charge >= 0.3 is 0 Å². The summed E-state index contributed by atoms with van der Waals surface area (Å²) in [5.41, 5.74) is 6.60. The summed E-state index contributed by atoms with van der Waals surface area (Å²) in [4.78, 5) is 0. The molecule has 0 saturated heterocycles. The van der Waals surface area contributed by atoms with Gasteiger partial charge in [-0.05, 0) is 35.4 Å². The van der Waals surface area contributed by atoms with Crippen molar-refractivity contribution in [1.82, 2.24) is 0 Å². The van der Waals surface area contributed by atoms with Gasteiger partial charge in [0.15, 0.2) is 0 Å². The first-order valence-electron chi connectivity index (χ1n) is 6.52. The zero-order chi connectivity index (χ0) is 14.7. The summed E-state index contributed by atoms with van der Waals surface area (Å²) < 4.78 is 0. The van der Waals surface area contributed by atoms with Crippen molar-refractivity contribution in [3.63, 3.8) is 0 Å². The first kappa shape index (κ1) is 13.0. The van der Waals surface area contributed by atoms with Crippen LogP contribution in [0.25, 0.3) is 12.2 Å². The molecule has 21 heavy (non-hydrogen) atoms. The van der Waals surface area contributed by atoms with Crippen LogP contribution in [0.4, 0.5) is 5.69 Å². The van der Waals surface area contributed by atoms with Gasteiger partial charge in [0.05, 0.1) is 11.9 Å². The fourth-order valence-corrected chi connectivity index (χ4v) is 2.12. The van der Waals surface area contributed by atoms with Crippen molar-refractivity contribution in [3.8, 4) is 11.5 Å². The third kappa shape index (κ3) is 3.12. The second-order valence-corrected chi connectivity index (χ2v) is 4.72. The van der Waals surface area contributed by atoms with Gasteiger partial charge in [0.2, 0.25) is 0 Å². The SMILES string of the molecule is Oc1cc(O)cc(/C=C/C2=Cc3ccccc3NN=C2)c1. The first-order chi connectivity index (χ1) is 10.2. The number of nitrogens with one attached hydrogen (secondary N) is 1. The number of hydrogen-bond donors (Lipinski definition) is 3. The van der Waals surface area contributed by atoms with Gasteiger partial charge in [-0.15, -0.1) is 0 Å². The Hall–Kier alpha value is -3.01. The lowest BCUT2D eigenvalue weighted by Gasteiger charge is -2.01. The Morgan fingerprint density at radius 3 is 2.52 bits per heavy atom. The molecular formula is C17H14N2O2. The molecule has 1 aliphatic rings. The minimum absolute atomic E-state index is 0.0326. The summed E-state index contributed by atoms with van der Waals surface area (Å²) in [6, 6.07) is 12.3. The summed E-state index contributed by atoms with van der Waals surface area (Å²) in [7, 11) is 0. The average molecular weight is 278 g/mol. The molecule has 0 atom stereocenters. The monoisotopic (exact) mass is 278 g/mol. The molecule has 0 unspecified atom stereocenters.